The van der Waals surface area contributed by atoms with Gasteiger partial charge in [0, 0.05) is 23.8 Å². The van der Waals surface area contributed by atoms with Gasteiger partial charge >= 0.3 is 0 Å². The second-order valence-corrected chi connectivity index (χ2v) is 5.90. The molecule has 0 saturated heterocycles. The van der Waals surface area contributed by atoms with E-state index in [0.717, 1.165) is 23.8 Å². The second kappa shape index (κ2) is 5.04. The van der Waals surface area contributed by atoms with Gasteiger partial charge in [0.05, 0.1) is 13.2 Å². The third kappa shape index (κ3) is 2.71. The maximum Gasteiger partial charge on any atom is 0.126 e. The molecular weight excluding hydrogens is 238 g/mol. The van der Waals surface area contributed by atoms with Gasteiger partial charge < -0.3 is 14.7 Å². The van der Waals surface area contributed by atoms with Crippen LogP contribution in [0.2, 0.25) is 0 Å². The predicted molar refractivity (Wildman–Crippen MR) is 76.7 cm³/mol. The van der Waals surface area contributed by atoms with Crippen LogP contribution in [0.15, 0.2) is 18.2 Å². The molecule has 3 nitrogen and oxygen atoms in total. The van der Waals surface area contributed by atoms with Crippen molar-refractivity contribution in [2.24, 2.45) is 5.92 Å². The molecule has 19 heavy (non-hydrogen) atoms. The Morgan fingerprint density at radius 1 is 1.32 bits per heavy atom. The fourth-order valence-corrected chi connectivity index (χ4v) is 2.79. The highest BCUT2D eigenvalue weighted by Crippen LogP contribution is 2.42. The van der Waals surface area contributed by atoms with Crippen molar-refractivity contribution in [3.05, 3.63) is 23.8 Å². The lowest BCUT2D eigenvalue weighted by Crippen LogP contribution is -2.29. The summed E-state index contributed by atoms with van der Waals surface area (Å²) >= 11 is 0. The molecule has 0 spiro atoms. The first-order valence-corrected chi connectivity index (χ1v) is 7.32. The number of hydrogen-bond donors (Lipinski definition) is 1. The number of methoxy groups -OCH3 is 1. The molecule has 0 heterocycles. The molecule has 1 N–H and O–H groups in total. The summed E-state index contributed by atoms with van der Waals surface area (Å²) < 4.78 is 5.43. The molecule has 0 amide bonds. The van der Waals surface area contributed by atoms with Gasteiger partial charge in [-0.25, -0.2) is 0 Å². The summed E-state index contributed by atoms with van der Waals surface area (Å²) in [6.45, 7) is 2.96. The van der Waals surface area contributed by atoms with E-state index in [4.69, 9.17) is 4.74 Å². The molecule has 0 radical (unpaired) electrons. The fraction of sp³-hybridized carbons (Fsp3) is 0.625. The van der Waals surface area contributed by atoms with Crippen LogP contribution in [0.25, 0.3) is 0 Å². The number of nitrogens with zero attached hydrogens (tertiary/aromatic N) is 1. The molecular formula is C16H23NO2. The van der Waals surface area contributed by atoms with Gasteiger partial charge in [0.15, 0.2) is 0 Å². The van der Waals surface area contributed by atoms with Gasteiger partial charge in [-0.3, -0.25) is 0 Å². The van der Waals surface area contributed by atoms with E-state index in [9.17, 15) is 5.11 Å². The third-order valence-electron chi connectivity index (χ3n) is 4.13. The molecule has 2 saturated carbocycles. The van der Waals surface area contributed by atoms with Crippen LogP contribution in [-0.2, 0) is 0 Å². The minimum absolute atomic E-state index is 0.494. The summed E-state index contributed by atoms with van der Waals surface area (Å²) in [6.07, 6.45) is 4.78. The molecule has 0 unspecified atom stereocenters. The van der Waals surface area contributed by atoms with E-state index in [0.29, 0.717) is 6.04 Å². The normalized spacial score (nSPS) is 20.2. The van der Waals surface area contributed by atoms with Crippen molar-refractivity contribution in [2.75, 3.05) is 18.6 Å². The van der Waals surface area contributed by atoms with Gasteiger partial charge in [0.25, 0.3) is 0 Å². The van der Waals surface area contributed by atoms with Crippen LogP contribution >= 0.6 is 0 Å². The number of hydrogen-bond acceptors (Lipinski definition) is 3. The first kappa shape index (κ1) is 12.8. The van der Waals surface area contributed by atoms with Crippen LogP contribution in [0.1, 0.15) is 44.3 Å². The van der Waals surface area contributed by atoms with E-state index in [1.54, 1.807) is 7.11 Å². The minimum atomic E-state index is -0.494. The van der Waals surface area contributed by atoms with Gasteiger partial charge in [-0.1, -0.05) is 6.07 Å². The molecule has 3 rings (SSSR count). The van der Waals surface area contributed by atoms with Gasteiger partial charge in [-0.05, 0) is 50.7 Å². The largest absolute Gasteiger partial charge is 0.496 e. The average molecular weight is 261 g/mol. The van der Waals surface area contributed by atoms with Gasteiger partial charge in [-0.15, -0.1) is 0 Å². The molecule has 0 bridgehead atoms. The van der Waals surface area contributed by atoms with Crippen molar-refractivity contribution in [3.63, 3.8) is 0 Å². The molecule has 0 aliphatic heterocycles. The van der Waals surface area contributed by atoms with Crippen molar-refractivity contribution in [3.8, 4) is 5.75 Å². The average Bonchev–Trinajstić information content (AvgIpc) is 3.27. The molecule has 1 atom stereocenters. The maximum absolute atomic E-state index is 10.1. The van der Waals surface area contributed by atoms with Crippen molar-refractivity contribution < 1.29 is 9.84 Å². The first-order valence-electron chi connectivity index (χ1n) is 7.32. The highest BCUT2D eigenvalue weighted by Gasteiger charge is 2.35. The van der Waals surface area contributed by atoms with E-state index < -0.39 is 6.10 Å². The van der Waals surface area contributed by atoms with Crippen molar-refractivity contribution in [1.29, 1.82) is 0 Å². The topological polar surface area (TPSA) is 32.7 Å². The minimum Gasteiger partial charge on any atom is -0.496 e. The van der Waals surface area contributed by atoms with E-state index in [-0.39, 0.29) is 0 Å². The Hall–Kier alpha value is -1.22. The summed E-state index contributed by atoms with van der Waals surface area (Å²) in [5, 5.41) is 10.1. The predicted octanol–water partition coefficient (Wildman–Crippen LogP) is 3.13. The Balaban J connectivity index is 1.95. The lowest BCUT2D eigenvalue weighted by molar-refractivity contribution is 0.194. The molecule has 1 aromatic carbocycles. The lowest BCUT2D eigenvalue weighted by Gasteiger charge is -2.29. The highest BCUT2D eigenvalue weighted by molar-refractivity contribution is 5.61. The van der Waals surface area contributed by atoms with Gasteiger partial charge in [-0.2, -0.15) is 0 Å². The van der Waals surface area contributed by atoms with Crippen LogP contribution in [0.4, 0.5) is 5.69 Å². The number of benzene rings is 1. The zero-order valence-corrected chi connectivity index (χ0v) is 11.8. The molecule has 0 aromatic heterocycles. The summed E-state index contributed by atoms with van der Waals surface area (Å²) in [6, 6.07) is 6.77. The van der Waals surface area contributed by atoms with Crippen LogP contribution < -0.4 is 9.64 Å². The zero-order valence-electron chi connectivity index (χ0n) is 11.8. The molecule has 2 aliphatic rings. The zero-order chi connectivity index (χ0) is 13.4. The van der Waals surface area contributed by atoms with Crippen molar-refractivity contribution in [2.45, 2.75) is 44.8 Å². The second-order valence-electron chi connectivity index (χ2n) is 5.90. The summed E-state index contributed by atoms with van der Waals surface area (Å²) in [5.41, 5.74) is 2.11. The van der Waals surface area contributed by atoms with Crippen LogP contribution in [0.5, 0.6) is 5.75 Å². The molecule has 104 valence electrons. The summed E-state index contributed by atoms with van der Waals surface area (Å²) in [7, 11) is 1.67. The number of aliphatic hydroxyl groups excluding tert-OH is 1. The monoisotopic (exact) mass is 261 g/mol. The first-order chi connectivity index (χ1) is 9.20. The van der Waals surface area contributed by atoms with Crippen LogP contribution in [0.3, 0.4) is 0 Å². The van der Waals surface area contributed by atoms with E-state index >= 15 is 0 Å². The van der Waals surface area contributed by atoms with E-state index in [1.165, 1.54) is 31.4 Å². The Morgan fingerprint density at radius 2 is 2.05 bits per heavy atom. The lowest BCUT2D eigenvalue weighted by atomic mass is 10.0. The Labute approximate surface area is 115 Å². The molecule has 2 aliphatic carbocycles. The van der Waals surface area contributed by atoms with Crippen LogP contribution in [0, 0.1) is 5.92 Å². The smallest absolute Gasteiger partial charge is 0.126 e. The number of anilines is 1. The molecule has 1 aromatic rings. The molecule has 3 heteroatoms. The highest BCUT2D eigenvalue weighted by atomic mass is 16.5. The maximum atomic E-state index is 10.1. The SMILES string of the molecule is COc1cccc(N(CC2CC2)C2CC2)c1[C@@H](C)O. The quantitative estimate of drug-likeness (QED) is 0.854. The van der Waals surface area contributed by atoms with Gasteiger partial charge in [0.1, 0.15) is 5.75 Å². The fourth-order valence-electron chi connectivity index (χ4n) is 2.79. The third-order valence-corrected chi connectivity index (χ3v) is 4.13. The number of rotatable bonds is 6. The Morgan fingerprint density at radius 3 is 2.58 bits per heavy atom. The Bertz CT molecular complexity index is 450. The van der Waals surface area contributed by atoms with E-state index in [2.05, 4.69) is 11.0 Å². The molecule has 2 fully saturated rings. The number of ether oxygens (including phenoxy) is 1. The summed E-state index contributed by atoms with van der Waals surface area (Å²) in [4.78, 5) is 2.50. The van der Waals surface area contributed by atoms with Crippen LogP contribution in [-0.4, -0.2) is 24.8 Å². The van der Waals surface area contributed by atoms with Gasteiger partial charge in [0.2, 0.25) is 0 Å². The summed E-state index contributed by atoms with van der Waals surface area (Å²) in [5.74, 6) is 1.66. The van der Waals surface area contributed by atoms with Crippen molar-refractivity contribution in [1.82, 2.24) is 0 Å². The number of aliphatic hydroxyl groups is 1. The Kier molecular flexibility index (Phi) is 3.40. The van der Waals surface area contributed by atoms with Crippen molar-refractivity contribution >= 4 is 5.69 Å². The standard InChI is InChI=1S/C16H23NO2/c1-11(18)16-14(4-3-5-15(16)19-2)17(13-8-9-13)10-12-6-7-12/h3-5,11-13,18H,6-10H2,1-2H3/t11-/m1/s1. The van der Waals surface area contributed by atoms with E-state index in [1.807, 2.05) is 19.1 Å².